The molecule has 0 fully saturated rings. The number of nitrogens with zero attached hydrogens (tertiary/aromatic N) is 2. The van der Waals surface area contributed by atoms with E-state index in [1.807, 2.05) is 56.2 Å². The van der Waals surface area contributed by atoms with Crippen molar-refractivity contribution in [3.8, 4) is 0 Å². The summed E-state index contributed by atoms with van der Waals surface area (Å²) in [4.78, 5) is 16.5. The van der Waals surface area contributed by atoms with Gasteiger partial charge >= 0.3 is 0 Å². The van der Waals surface area contributed by atoms with E-state index in [9.17, 15) is 4.79 Å². The molecule has 2 aromatic carbocycles. The lowest BCUT2D eigenvalue weighted by Crippen LogP contribution is -2.11. The average Bonchev–Trinajstić information content (AvgIpc) is 2.47. The Hall–Kier alpha value is -2.20. The molecule has 0 bridgehead atoms. The summed E-state index contributed by atoms with van der Waals surface area (Å²) in [7, 11) is 7.68. The fraction of sp³-hybridized carbons (Fsp3) is 0.235. The molecule has 22 heavy (non-hydrogen) atoms. The van der Waals surface area contributed by atoms with Crippen molar-refractivity contribution in [2.45, 2.75) is 0 Å². The minimum Gasteiger partial charge on any atom is -0.454 e. The van der Waals surface area contributed by atoms with Gasteiger partial charge in [0.25, 0.3) is 0 Å². The Morgan fingerprint density at radius 1 is 0.955 bits per heavy atom. The number of rotatable bonds is 2. The number of halogens is 1. The van der Waals surface area contributed by atoms with Crippen molar-refractivity contribution in [2.24, 2.45) is 0 Å². The summed E-state index contributed by atoms with van der Waals surface area (Å²) in [5.74, 6) is 0. The van der Waals surface area contributed by atoms with Gasteiger partial charge in [-0.3, -0.25) is 4.79 Å². The highest BCUT2D eigenvalue weighted by molar-refractivity contribution is 6.37. The highest BCUT2D eigenvalue weighted by atomic mass is 35.5. The molecule has 0 aliphatic carbocycles. The first-order valence-corrected chi connectivity index (χ1v) is 7.31. The molecule has 0 amide bonds. The SMILES string of the molecule is CN(C)c1ccc2c(=O)c3ccc(N(C)C)c(Cl)c3oc2c1. The number of hydrogen-bond acceptors (Lipinski definition) is 4. The minimum absolute atomic E-state index is 0.0613. The van der Waals surface area contributed by atoms with Crippen LogP contribution in [0.15, 0.2) is 39.5 Å². The fourth-order valence-corrected chi connectivity index (χ4v) is 2.86. The summed E-state index contributed by atoms with van der Waals surface area (Å²) in [5.41, 5.74) is 2.70. The Labute approximate surface area is 133 Å². The van der Waals surface area contributed by atoms with Crippen molar-refractivity contribution in [2.75, 3.05) is 38.0 Å². The van der Waals surface area contributed by atoms with Gasteiger partial charge in [0.15, 0.2) is 5.58 Å². The van der Waals surface area contributed by atoms with E-state index in [1.165, 1.54) is 0 Å². The molecular formula is C17H17ClN2O2. The maximum atomic E-state index is 12.7. The molecule has 0 aliphatic heterocycles. The molecule has 0 saturated carbocycles. The third-order valence-electron chi connectivity index (χ3n) is 3.74. The Morgan fingerprint density at radius 2 is 1.64 bits per heavy atom. The standard InChI is InChI=1S/C17H17ClN2O2/c1-19(2)10-5-6-11-14(9-10)22-17-12(16(11)21)7-8-13(15(17)18)20(3)4/h5-9H,1-4H3. The zero-order chi connectivity index (χ0) is 16.0. The van der Waals surface area contributed by atoms with Crippen molar-refractivity contribution in [3.05, 3.63) is 45.6 Å². The van der Waals surface area contributed by atoms with Gasteiger partial charge in [0, 0.05) is 39.9 Å². The van der Waals surface area contributed by atoms with E-state index in [-0.39, 0.29) is 5.43 Å². The predicted molar refractivity (Wildman–Crippen MR) is 93.7 cm³/mol. The summed E-state index contributed by atoms with van der Waals surface area (Å²) in [6, 6.07) is 9.16. The van der Waals surface area contributed by atoms with Crippen LogP contribution in [0, 0.1) is 0 Å². The van der Waals surface area contributed by atoms with Crippen LogP contribution in [0.2, 0.25) is 5.02 Å². The van der Waals surface area contributed by atoms with E-state index in [2.05, 4.69) is 0 Å². The molecule has 0 atom stereocenters. The number of fused-ring (bicyclic) bond motifs is 2. The van der Waals surface area contributed by atoms with Crippen LogP contribution in [0.1, 0.15) is 0 Å². The van der Waals surface area contributed by atoms with Crippen molar-refractivity contribution in [1.82, 2.24) is 0 Å². The van der Waals surface area contributed by atoms with Gasteiger partial charge in [0.05, 0.1) is 16.5 Å². The predicted octanol–water partition coefficient (Wildman–Crippen LogP) is 3.73. The maximum Gasteiger partial charge on any atom is 0.200 e. The van der Waals surface area contributed by atoms with E-state index >= 15 is 0 Å². The number of benzene rings is 2. The van der Waals surface area contributed by atoms with Gasteiger partial charge in [0.1, 0.15) is 10.6 Å². The molecule has 0 spiro atoms. The van der Waals surface area contributed by atoms with Crippen molar-refractivity contribution < 1.29 is 4.42 Å². The first kappa shape index (κ1) is 14.7. The lowest BCUT2D eigenvalue weighted by Gasteiger charge is -2.16. The molecular weight excluding hydrogens is 300 g/mol. The molecule has 5 heteroatoms. The summed E-state index contributed by atoms with van der Waals surface area (Å²) in [6.45, 7) is 0. The Bertz CT molecular complexity index is 929. The molecule has 114 valence electrons. The van der Waals surface area contributed by atoms with Crippen LogP contribution in [0.4, 0.5) is 11.4 Å². The third kappa shape index (κ3) is 2.20. The monoisotopic (exact) mass is 316 g/mol. The largest absolute Gasteiger partial charge is 0.454 e. The van der Waals surface area contributed by atoms with Crippen LogP contribution in [0.3, 0.4) is 0 Å². The summed E-state index contributed by atoms with van der Waals surface area (Å²) >= 11 is 6.43. The lowest BCUT2D eigenvalue weighted by molar-refractivity contribution is 0.660. The molecule has 3 rings (SSSR count). The summed E-state index contributed by atoms with van der Waals surface area (Å²) < 4.78 is 5.95. The van der Waals surface area contributed by atoms with Crippen molar-refractivity contribution in [3.63, 3.8) is 0 Å². The summed E-state index contributed by atoms with van der Waals surface area (Å²) in [6.07, 6.45) is 0. The van der Waals surface area contributed by atoms with Gasteiger partial charge in [-0.25, -0.2) is 0 Å². The molecule has 1 aromatic heterocycles. The minimum atomic E-state index is -0.0613. The van der Waals surface area contributed by atoms with Crippen molar-refractivity contribution in [1.29, 1.82) is 0 Å². The average molecular weight is 317 g/mol. The van der Waals surface area contributed by atoms with E-state index in [0.717, 1.165) is 11.4 Å². The molecule has 4 nitrogen and oxygen atoms in total. The molecule has 3 aromatic rings. The van der Waals surface area contributed by atoms with E-state index in [0.29, 0.717) is 27.0 Å². The second-order valence-corrected chi connectivity index (χ2v) is 6.05. The van der Waals surface area contributed by atoms with Crippen LogP contribution in [-0.4, -0.2) is 28.2 Å². The van der Waals surface area contributed by atoms with Gasteiger partial charge in [-0.05, 0) is 24.3 Å². The molecule has 1 heterocycles. The number of anilines is 2. The quantitative estimate of drug-likeness (QED) is 0.675. The summed E-state index contributed by atoms with van der Waals surface area (Å²) in [5, 5.41) is 1.52. The van der Waals surface area contributed by atoms with Crippen LogP contribution < -0.4 is 15.2 Å². The Kier molecular flexibility index (Phi) is 3.49. The first-order chi connectivity index (χ1) is 10.4. The van der Waals surface area contributed by atoms with Crippen LogP contribution >= 0.6 is 11.6 Å². The Morgan fingerprint density at radius 3 is 2.27 bits per heavy atom. The Balaban J connectivity index is 2.42. The van der Waals surface area contributed by atoms with Crippen molar-refractivity contribution >= 4 is 44.9 Å². The van der Waals surface area contributed by atoms with Gasteiger partial charge in [-0.1, -0.05) is 11.6 Å². The smallest absolute Gasteiger partial charge is 0.200 e. The van der Waals surface area contributed by atoms with Crippen LogP contribution in [0.5, 0.6) is 0 Å². The van der Waals surface area contributed by atoms with Gasteiger partial charge in [-0.2, -0.15) is 0 Å². The molecule has 0 aliphatic rings. The third-order valence-corrected chi connectivity index (χ3v) is 4.11. The molecule has 0 N–H and O–H groups in total. The normalized spacial score (nSPS) is 11.1. The van der Waals surface area contributed by atoms with E-state index in [1.54, 1.807) is 12.1 Å². The molecule has 0 unspecified atom stereocenters. The van der Waals surface area contributed by atoms with E-state index in [4.69, 9.17) is 16.0 Å². The van der Waals surface area contributed by atoms with Gasteiger partial charge < -0.3 is 14.2 Å². The molecule has 0 radical (unpaired) electrons. The van der Waals surface area contributed by atoms with Gasteiger partial charge in [-0.15, -0.1) is 0 Å². The second-order valence-electron chi connectivity index (χ2n) is 5.68. The van der Waals surface area contributed by atoms with Crippen LogP contribution in [-0.2, 0) is 0 Å². The lowest BCUT2D eigenvalue weighted by atomic mass is 10.1. The highest BCUT2D eigenvalue weighted by Gasteiger charge is 2.15. The van der Waals surface area contributed by atoms with E-state index < -0.39 is 0 Å². The molecule has 0 saturated heterocycles. The zero-order valence-corrected chi connectivity index (χ0v) is 13.7. The topological polar surface area (TPSA) is 36.7 Å². The first-order valence-electron chi connectivity index (χ1n) is 6.94. The maximum absolute atomic E-state index is 12.7. The van der Waals surface area contributed by atoms with Crippen LogP contribution in [0.25, 0.3) is 21.9 Å². The number of hydrogen-bond donors (Lipinski definition) is 0. The fourth-order valence-electron chi connectivity index (χ4n) is 2.49. The van der Waals surface area contributed by atoms with Gasteiger partial charge in [0.2, 0.25) is 5.43 Å². The zero-order valence-electron chi connectivity index (χ0n) is 13.0. The second kappa shape index (κ2) is 5.21. The highest BCUT2D eigenvalue weighted by Crippen LogP contribution is 2.33.